The summed E-state index contributed by atoms with van der Waals surface area (Å²) in [5.41, 5.74) is 8.27. The average molecular weight is 255 g/mol. The van der Waals surface area contributed by atoms with Crippen molar-refractivity contribution in [3.8, 4) is 0 Å². The van der Waals surface area contributed by atoms with E-state index in [4.69, 9.17) is 10.3 Å². The van der Waals surface area contributed by atoms with Gasteiger partial charge in [0.25, 0.3) is 0 Å². The van der Waals surface area contributed by atoms with Crippen LogP contribution in [0.2, 0.25) is 0 Å². The molecule has 1 aliphatic carbocycles. The predicted octanol–water partition coefficient (Wildman–Crippen LogP) is 2.34. The fraction of sp³-hybridized carbons (Fsp3) is 0.333. The lowest BCUT2D eigenvalue weighted by Gasteiger charge is -2.02. The molecule has 2 atom stereocenters. The van der Waals surface area contributed by atoms with Crippen LogP contribution in [0.4, 0.5) is 0 Å². The quantitative estimate of drug-likeness (QED) is 0.855. The zero-order chi connectivity index (χ0) is 13.2. The van der Waals surface area contributed by atoms with Crippen molar-refractivity contribution in [1.82, 2.24) is 10.1 Å². The van der Waals surface area contributed by atoms with Crippen molar-refractivity contribution in [2.24, 2.45) is 5.73 Å². The summed E-state index contributed by atoms with van der Waals surface area (Å²) in [7, 11) is 0. The fourth-order valence-corrected chi connectivity index (χ4v) is 2.40. The molecular weight excluding hydrogens is 238 g/mol. The molecule has 0 bridgehead atoms. The van der Waals surface area contributed by atoms with Crippen LogP contribution in [-0.2, 0) is 6.42 Å². The van der Waals surface area contributed by atoms with Crippen LogP contribution in [0.25, 0.3) is 0 Å². The molecule has 19 heavy (non-hydrogen) atoms. The Bertz CT molecular complexity index is 603. The molecule has 3 rings (SSSR count). The van der Waals surface area contributed by atoms with Crippen LogP contribution in [0.3, 0.4) is 0 Å². The van der Waals surface area contributed by atoms with E-state index in [1.165, 1.54) is 11.1 Å². The lowest BCUT2D eigenvalue weighted by atomic mass is 10.1. The zero-order valence-corrected chi connectivity index (χ0v) is 10.9. The van der Waals surface area contributed by atoms with E-state index in [1.54, 1.807) is 0 Å². The maximum Gasteiger partial charge on any atom is 0.233 e. The van der Waals surface area contributed by atoms with Gasteiger partial charge in [0.05, 0.1) is 5.92 Å². The Hall–Kier alpha value is -1.94. The Labute approximate surface area is 112 Å². The normalized spacial score (nSPS) is 22.0. The maximum absolute atomic E-state index is 5.83. The zero-order valence-electron chi connectivity index (χ0n) is 10.9. The van der Waals surface area contributed by atoms with Gasteiger partial charge in [0.1, 0.15) is 0 Å². The van der Waals surface area contributed by atoms with E-state index in [2.05, 4.69) is 41.3 Å². The highest BCUT2D eigenvalue weighted by molar-refractivity contribution is 5.25. The molecule has 1 heterocycles. The van der Waals surface area contributed by atoms with Crippen LogP contribution >= 0.6 is 0 Å². The first-order chi connectivity index (χ1) is 9.20. The van der Waals surface area contributed by atoms with E-state index in [0.29, 0.717) is 12.3 Å². The van der Waals surface area contributed by atoms with Crippen molar-refractivity contribution in [3.05, 3.63) is 59.3 Å². The van der Waals surface area contributed by atoms with Crippen molar-refractivity contribution in [3.63, 3.8) is 0 Å². The number of nitrogens with two attached hydrogens (primary N) is 1. The molecule has 0 radical (unpaired) electrons. The summed E-state index contributed by atoms with van der Waals surface area (Å²) >= 11 is 0. The first kappa shape index (κ1) is 12.1. The number of rotatable bonds is 3. The third kappa shape index (κ3) is 2.74. The monoisotopic (exact) mass is 255 g/mol. The van der Waals surface area contributed by atoms with Gasteiger partial charge in [-0.05, 0) is 18.9 Å². The van der Waals surface area contributed by atoms with Crippen LogP contribution in [0.15, 0.2) is 40.9 Å². The van der Waals surface area contributed by atoms with Gasteiger partial charge in [0, 0.05) is 12.5 Å². The summed E-state index contributed by atoms with van der Waals surface area (Å²) in [4.78, 5) is 4.47. The van der Waals surface area contributed by atoms with E-state index in [-0.39, 0.29) is 12.0 Å². The van der Waals surface area contributed by atoms with Gasteiger partial charge < -0.3 is 10.3 Å². The Morgan fingerprint density at radius 1 is 1.37 bits per heavy atom. The minimum Gasteiger partial charge on any atom is -0.339 e. The van der Waals surface area contributed by atoms with Crippen LogP contribution in [0.5, 0.6) is 0 Å². The van der Waals surface area contributed by atoms with E-state index < -0.39 is 0 Å². The number of hydrogen-bond donors (Lipinski definition) is 1. The molecule has 0 aliphatic heterocycles. The van der Waals surface area contributed by atoms with Crippen LogP contribution in [0.1, 0.15) is 35.2 Å². The van der Waals surface area contributed by atoms with Gasteiger partial charge in [0.2, 0.25) is 5.89 Å². The van der Waals surface area contributed by atoms with Crippen LogP contribution in [0, 0.1) is 6.92 Å². The van der Waals surface area contributed by atoms with Gasteiger partial charge in [0.15, 0.2) is 5.82 Å². The number of aryl methyl sites for hydroxylation is 1. The maximum atomic E-state index is 5.83. The number of aromatic nitrogens is 2. The molecule has 1 aromatic carbocycles. The van der Waals surface area contributed by atoms with Crippen molar-refractivity contribution in [2.45, 2.75) is 31.7 Å². The van der Waals surface area contributed by atoms with E-state index in [1.807, 2.05) is 12.1 Å². The Morgan fingerprint density at radius 2 is 2.26 bits per heavy atom. The number of allylic oxidation sites excluding steroid dienone is 1. The summed E-state index contributed by atoms with van der Waals surface area (Å²) in [6.07, 6.45) is 5.60. The lowest BCUT2D eigenvalue weighted by molar-refractivity contribution is 0.360. The highest BCUT2D eigenvalue weighted by Gasteiger charge is 2.22. The molecule has 1 aliphatic rings. The van der Waals surface area contributed by atoms with Gasteiger partial charge >= 0.3 is 0 Å². The highest BCUT2D eigenvalue weighted by Crippen LogP contribution is 2.26. The van der Waals surface area contributed by atoms with Gasteiger partial charge in [-0.1, -0.05) is 47.1 Å². The fourth-order valence-electron chi connectivity index (χ4n) is 2.40. The smallest absolute Gasteiger partial charge is 0.233 e. The third-order valence-electron chi connectivity index (χ3n) is 3.36. The molecule has 98 valence electrons. The summed E-state index contributed by atoms with van der Waals surface area (Å²) in [6, 6.07) is 8.45. The summed E-state index contributed by atoms with van der Waals surface area (Å²) in [6.45, 7) is 2.08. The number of hydrogen-bond acceptors (Lipinski definition) is 4. The molecule has 0 fully saturated rings. The summed E-state index contributed by atoms with van der Waals surface area (Å²) in [5, 5.41) is 4.05. The minimum atomic E-state index is 0.108. The average Bonchev–Trinajstić information content (AvgIpc) is 2.98. The molecule has 1 aromatic heterocycles. The molecule has 0 spiro atoms. The number of benzene rings is 1. The van der Waals surface area contributed by atoms with Crippen molar-refractivity contribution in [1.29, 1.82) is 0 Å². The first-order valence-corrected chi connectivity index (χ1v) is 6.52. The minimum absolute atomic E-state index is 0.108. The second-order valence-electron chi connectivity index (χ2n) is 5.11. The van der Waals surface area contributed by atoms with Crippen molar-refractivity contribution >= 4 is 0 Å². The van der Waals surface area contributed by atoms with Crippen LogP contribution in [-0.4, -0.2) is 16.2 Å². The molecule has 2 aromatic rings. The van der Waals surface area contributed by atoms with Crippen LogP contribution < -0.4 is 5.73 Å². The van der Waals surface area contributed by atoms with E-state index >= 15 is 0 Å². The molecular formula is C15H17N3O. The van der Waals surface area contributed by atoms with Gasteiger partial charge in [-0.25, -0.2) is 0 Å². The second kappa shape index (κ2) is 4.97. The summed E-state index contributed by atoms with van der Waals surface area (Å²) < 4.78 is 5.33. The Balaban J connectivity index is 1.73. The number of nitrogens with zero attached hydrogens (tertiary/aromatic N) is 2. The molecule has 0 amide bonds. The van der Waals surface area contributed by atoms with Crippen molar-refractivity contribution < 1.29 is 4.52 Å². The van der Waals surface area contributed by atoms with Gasteiger partial charge in [-0.3, -0.25) is 0 Å². The highest BCUT2D eigenvalue weighted by atomic mass is 16.5. The second-order valence-corrected chi connectivity index (χ2v) is 5.11. The summed E-state index contributed by atoms with van der Waals surface area (Å²) in [5.74, 6) is 1.58. The van der Waals surface area contributed by atoms with Gasteiger partial charge in [-0.15, -0.1) is 0 Å². The Morgan fingerprint density at radius 3 is 3.00 bits per heavy atom. The topological polar surface area (TPSA) is 64.9 Å². The largest absolute Gasteiger partial charge is 0.339 e. The third-order valence-corrected chi connectivity index (χ3v) is 3.36. The molecule has 2 unspecified atom stereocenters. The van der Waals surface area contributed by atoms with Crippen molar-refractivity contribution in [2.75, 3.05) is 0 Å². The molecule has 0 saturated carbocycles. The Kier molecular flexibility index (Phi) is 3.17. The van der Waals surface area contributed by atoms with Gasteiger partial charge in [-0.2, -0.15) is 4.98 Å². The van der Waals surface area contributed by atoms with E-state index in [0.717, 1.165) is 12.2 Å². The SMILES string of the molecule is Cc1cccc(Cc2noc(C3C=CC(N)C3)n2)c1. The molecule has 4 heteroatoms. The predicted molar refractivity (Wildman–Crippen MR) is 72.8 cm³/mol. The first-order valence-electron chi connectivity index (χ1n) is 6.52. The lowest BCUT2D eigenvalue weighted by Crippen LogP contribution is -2.14. The standard InChI is InChI=1S/C15H17N3O/c1-10-3-2-4-11(7-10)8-14-17-15(19-18-14)12-5-6-13(16)9-12/h2-7,12-13H,8-9,16H2,1H3. The van der Waals surface area contributed by atoms with E-state index in [9.17, 15) is 0 Å². The molecule has 0 saturated heterocycles. The molecule has 4 nitrogen and oxygen atoms in total. The molecule has 2 N–H and O–H groups in total.